The molecule has 1 aromatic heterocycles. The fourth-order valence-electron chi connectivity index (χ4n) is 1.29. The Kier molecular flexibility index (Phi) is 4.78. The minimum absolute atomic E-state index is 0.284. The highest BCUT2D eigenvalue weighted by Crippen LogP contribution is 2.23. The molecule has 19 heavy (non-hydrogen) atoms. The van der Waals surface area contributed by atoms with Crippen molar-refractivity contribution < 1.29 is 14.7 Å². The number of aromatic nitrogens is 2. The summed E-state index contributed by atoms with van der Waals surface area (Å²) in [5.41, 5.74) is -0.750. The van der Waals surface area contributed by atoms with Crippen LogP contribution in [0, 0.1) is 9.37 Å². The number of anilines is 1. The molecular formula is C10H14N4O3S2. The number of hydrogen-bond donors (Lipinski definition) is 4. The van der Waals surface area contributed by atoms with Crippen molar-refractivity contribution in [2.45, 2.75) is 19.9 Å². The van der Waals surface area contributed by atoms with Crippen molar-refractivity contribution in [3.63, 3.8) is 0 Å². The van der Waals surface area contributed by atoms with Gasteiger partial charge in [-0.3, -0.25) is 15.2 Å². The van der Waals surface area contributed by atoms with Gasteiger partial charge in [-0.15, -0.1) is 11.7 Å². The van der Waals surface area contributed by atoms with Crippen LogP contribution in [0.2, 0.25) is 0 Å². The maximum atomic E-state index is 12.1. The van der Waals surface area contributed by atoms with E-state index in [1.807, 2.05) is 0 Å². The summed E-state index contributed by atoms with van der Waals surface area (Å²) in [6.07, 6.45) is 0.226. The number of aromatic amines is 1. The van der Waals surface area contributed by atoms with E-state index in [0.29, 0.717) is 3.95 Å². The Balaban J connectivity index is 2.91. The molecule has 0 aliphatic rings. The van der Waals surface area contributed by atoms with Gasteiger partial charge in [-0.1, -0.05) is 31.3 Å². The van der Waals surface area contributed by atoms with E-state index in [0.717, 1.165) is 11.3 Å². The third-order valence-electron chi connectivity index (χ3n) is 2.47. The standard InChI is InChI=1S/C10H14N4O3S2/c1-4-10(2,3)5(11-8(16)17)6(15)12-7-13-14-9(18)19-7/h4-5,11H,1H2,2-3H3,(H,14,18)(H,16,17)(H,12,13,15). The molecule has 9 heteroatoms. The Hall–Kier alpha value is -1.74. The molecule has 0 aliphatic heterocycles. The summed E-state index contributed by atoms with van der Waals surface area (Å²) in [6.45, 7) is 7.01. The molecule has 0 saturated heterocycles. The Morgan fingerprint density at radius 3 is 2.68 bits per heavy atom. The van der Waals surface area contributed by atoms with E-state index in [1.165, 1.54) is 6.08 Å². The van der Waals surface area contributed by atoms with Crippen LogP contribution in [0.25, 0.3) is 0 Å². The Morgan fingerprint density at radius 2 is 2.26 bits per heavy atom. The lowest BCUT2D eigenvalue weighted by Crippen LogP contribution is -2.51. The van der Waals surface area contributed by atoms with Crippen LogP contribution in [0.15, 0.2) is 12.7 Å². The van der Waals surface area contributed by atoms with Crippen LogP contribution in [-0.4, -0.2) is 33.3 Å². The lowest BCUT2D eigenvalue weighted by molar-refractivity contribution is -0.119. The van der Waals surface area contributed by atoms with Crippen molar-refractivity contribution in [1.82, 2.24) is 15.5 Å². The van der Waals surface area contributed by atoms with E-state index in [9.17, 15) is 9.59 Å². The molecule has 0 aliphatic carbocycles. The maximum Gasteiger partial charge on any atom is 0.405 e. The van der Waals surface area contributed by atoms with E-state index >= 15 is 0 Å². The van der Waals surface area contributed by atoms with Crippen molar-refractivity contribution in [2.24, 2.45) is 5.41 Å². The predicted molar refractivity (Wildman–Crippen MR) is 74.9 cm³/mol. The second kappa shape index (κ2) is 5.93. The van der Waals surface area contributed by atoms with Gasteiger partial charge in [0.25, 0.3) is 0 Å². The molecule has 0 fully saturated rings. The van der Waals surface area contributed by atoms with Crippen LogP contribution >= 0.6 is 23.6 Å². The average Bonchev–Trinajstić information content (AvgIpc) is 2.71. The van der Waals surface area contributed by atoms with Crippen LogP contribution in [0.1, 0.15) is 13.8 Å². The monoisotopic (exact) mass is 302 g/mol. The van der Waals surface area contributed by atoms with Crippen LogP contribution < -0.4 is 10.6 Å². The number of nitrogens with zero attached hydrogens (tertiary/aromatic N) is 1. The second-order valence-corrected chi connectivity index (χ2v) is 5.98. The van der Waals surface area contributed by atoms with Gasteiger partial charge in [-0.25, -0.2) is 4.79 Å². The van der Waals surface area contributed by atoms with Crippen LogP contribution in [0.5, 0.6) is 0 Å². The van der Waals surface area contributed by atoms with E-state index in [2.05, 4.69) is 27.4 Å². The maximum absolute atomic E-state index is 12.1. The number of rotatable bonds is 5. The molecular weight excluding hydrogens is 288 g/mol. The number of H-pyrrole nitrogens is 1. The Bertz CT molecular complexity index is 549. The first-order chi connectivity index (χ1) is 8.76. The minimum Gasteiger partial charge on any atom is -0.465 e. The van der Waals surface area contributed by atoms with Crippen molar-refractivity contribution in [3.8, 4) is 0 Å². The van der Waals surface area contributed by atoms with Crippen LogP contribution in [0.4, 0.5) is 9.93 Å². The van der Waals surface area contributed by atoms with Gasteiger partial charge in [-0.2, -0.15) is 0 Å². The second-order valence-electron chi connectivity index (χ2n) is 4.32. The summed E-state index contributed by atoms with van der Waals surface area (Å²) in [4.78, 5) is 22.9. The van der Waals surface area contributed by atoms with E-state index in [-0.39, 0.29) is 5.13 Å². The summed E-state index contributed by atoms with van der Waals surface area (Å²) >= 11 is 5.93. The van der Waals surface area contributed by atoms with Gasteiger partial charge in [0.15, 0.2) is 3.95 Å². The number of nitrogens with one attached hydrogen (secondary N) is 3. The number of hydrogen-bond acceptors (Lipinski definition) is 5. The Morgan fingerprint density at radius 1 is 1.63 bits per heavy atom. The minimum atomic E-state index is -1.29. The topological polar surface area (TPSA) is 107 Å². The number of carbonyl (C=O) groups is 2. The largest absolute Gasteiger partial charge is 0.465 e. The first-order valence-electron chi connectivity index (χ1n) is 5.25. The fourth-order valence-corrected chi connectivity index (χ4v) is 2.08. The summed E-state index contributed by atoms with van der Waals surface area (Å²) in [7, 11) is 0. The fraction of sp³-hybridized carbons (Fsp3) is 0.400. The van der Waals surface area contributed by atoms with E-state index in [4.69, 9.17) is 17.3 Å². The van der Waals surface area contributed by atoms with Gasteiger partial charge in [0.05, 0.1) is 0 Å². The van der Waals surface area contributed by atoms with Gasteiger partial charge < -0.3 is 10.4 Å². The van der Waals surface area contributed by atoms with Gasteiger partial charge in [0.1, 0.15) is 6.04 Å². The highest BCUT2D eigenvalue weighted by molar-refractivity contribution is 7.73. The molecule has 1 heterocycles. The van der Waals surface area contributed by atoms with Crippen LogP contribution in [0.3, 0.4) is 0 Å². The Labute approximate surface area is 118 Å². The van der Waals surface area contributed by atoms with E-state index < -0.39 is 23.5 Å². The summed E-state index contributed by atoms with van der Waals surface area (Å²) in [6, 6.07) is -0.986. The smallest absolute Gasteiger partial charge is 0.405 e. The zero-order valence-electron chi connectivity index (χ0n) is 10.4. The highest BCUT2D eigenvalue weighted by atomic mass is 32.1. The van der Waals surface area contributed by atoms with E-state index in [1.54, 1.807) is 13.8 Å². The lowest BCUT2D eigenvalue weighted by Gasteiger charge is -2.29. The first kappa shape index (κ1) is 15.3. The third kappa shape index (κ3) is 4.14. The van der Waals surface area contributed by atoms with Crippen molar-refractivity contribution in [3.05, 3.63) is 16.6 Å². The average molecular weight is 302 g/mol. The summed E-state index contributed by atoms with van der Waals surface area (Å²) in [5, 5.41) is 20.1. The molecule has 0 aromatic carbocycles. The zero-order chi connectivity index (χ0) is 14.6. The number of carboxylic acid groups (broad SMARTS) is 1. The zero-order valence-corrected chi connectivity index (χ0v) is 12.0. The number of carbonyl (C=O) groups excluding carboxylic acids is 1. The quantitative estimate of drug-likeness (QED) is 0.491. The number of amides is 2. The molecule has 0 bridgehead atoms. The lowest BCUT2D eigenvalue weighted by atomic mass is 9.84. The summed E-state index contributed by atoms with van der Waals surface area (Å²) < 4.78 is 0.418. The molecule has 4 N–H and O–H groups in total. The van der Waals surface area contributed by atoms with Crippen molar-refractivity contribution >= 4 is 40.7 Å². The van der Waals surface area contributed by atoms with Gasteiger partial charge in [-0.05, 0) is 12.2 Å². The highest BCUT2D eigenvalue weighted by Gasteiger charge is 2.34. The van der Waals surface area contributed by atoms with Crippen LogP contribution in [-0.2, 0) is 4.79 Å². The molecule has 0 saturated carbocycles. The normalized spacial score (nSPS) is 12.5. The third-order valence-corrected chi connectivity index (χ3v) is 3.47. The first-order valence-corrected chi connectivity index (χ1v) is 6.48. The van der Waals surface area contributed by atoms with Gasteiger partial charge in [0.2, 0.25) is 11.0 Å². The molecule has 1 atom stereocenters. The van der Waals surface area contributed by atoms with Crippen molar-refractivity contribution in [2.75, 3.05) is 5.32 Å². The molecule has 1 aromatic rings. The predicted octanol–water partition coefficient (Wildman–Crippen LogP) is 1.99. The molecule has 1 rings (SSSR count). The molecule has 1 unspecified atom stereocenters. The molecule has 0 radical (unpaired) electrons. The van der Waals surface area contributed by atoms with Crippen molar-refractivity contribution in [1.29, 1.82) is 0 Å². The van der Waals surface area contributed by atoms with Gasteiger partial charge >= 0.3 is 6.09 Å². The van der Waals surface area contributed by atoms with Gasteiger partial charge in [0, 0.05) is 5.41 Å². The SMILES string of the molecule is C=CC(C)(C)C(NC(=O)O)C(=O)Nc1n[nH]c(=S)s1. The molecule has 104 valence electrons. The molecule has 2 amide bonds. The summed E-state index contributed by atoms with van der Waals surface area (Å²) in [5.74, 6) is -0.523. The molecule has 0 spiro atoms. The molecule has 7 nitrogen and oxygen atoms in total.